The van der Waals surface area contributed by atoms with Crippen molar-refractivity contribution < 1.29 is 4.79 Å². The molecule has 0 saturated heterocycles. The first kappa shape index (κ1) is 17.7. The Kier molecular flexibility index (Phi) is 7.79. The van der Waals surface area contributed by atoms with E-state index in [4.69, 9.17) is 0 Å². The second-order valence-corrected chi connectivity index (χ2v) is 13.0. The maximum atomic E-state index is 11.9. The fraction of sp³-hybridized carbons (Fsp3) is 0.833. The van der Waals surface area contributed by atoms with E-state index in [1.807, 2.05) is 0 Å². The van der Waals surface area contributed by atoms with E-state index in [1.54, 1.807) is 0 Å². The third kappa shape index (κ3) is 6.38. The van der Waals surface area contributed by atoms with Crippen molar-refractivity contribution in [3.63, 3.8) is 0 Å². The summed E-state index contributed by atoms with van der Waals surface area (Å²) in [6, 6.07) is 0. The smallest absolute Gasteiger partial charge is 0.136 e. The summed E-state index contributed by atoms with van der Waals surface area (Å²) in [5, 5.41) is 0. The summed E-state index contributed by atoms with van der Waals surface area (Å²) in [6.07, 6.45) is 15.5. The topological polar surface area (TPSA) is 17.1 Å². The fourth-order valence-electron chi connectivity index (χ4n) is 3.14. The maximum absolute atomic E-state index is 11.9. The average molecular weight is 295 g/mol. The number of ketones is 1. The first-order valence-electron chi connectivity index (χ1n) is 8.64. The molecule has 2 heteroatoms. The molecule has 0 N–H and O–H groups in total. The molecule has 20 heavy (non-hydrogen) atoms. The zero-order valence-electron chi connectivity index (χ0n) is 14.1. The molecule has 1 rings (SSSR count). The number of Topliss-reactive ketones (excluding diaryl/α,β-unsaturated/α-hetero) is 1. The Morgan fingerprint density at radius 1 is 1.25 bits per heavy atom. The van der Waals surface area contributed by atoms with Gasteiger partial charge in [-0.1, -0.05) is 64.4 Å². The summed E-state index contributed by atoms with van der Waals surface area (Å²) in [6.45, 7) is 9.69. The van der Waals surface area contributed by atoms with Crippen molar-refractivity contribution in [2.45, 2.75) is 89.9 Å². The van der Waals surface area contributed by atoms with Crippen LogP contribution in [0.5, 0.6) is 0 Å². The Hall–Kier alpha value is -0.373. The number of allylic oxidation sites excluding steroid dienone is 2. The number of unbranched alkanes of at least 4 members (excludes halogenated alkanes) is 2. The van der Waals surface area contributed by atoms with Crippen LogP contribution in [-0.4, -0.2) is 13.9 Å². The molecule has 1 nitrogen and oxygen atoms in total. The van der Waals surface area contributed by atoms with Gasteiger partial charge in [-0.25, -0.2) is 0 Å². The van der Waals surface area contributed by atoms with Crippen LogP contribution in [0.2, 0.25) is 25.2 Å². The maximum Gasteiger partial charge on any atom is 0.136 e. The van der Waals surface area contributed by atoms with E-state index in [-0.39, 0.29) is 0 Å². The van der Waals surface area contributed by atoms with Crippen LogP contribution in [0, 0.1) is 5.92 Å². The molecule has 0 aliphatic heterocycles. The number of hydrogen-bond acceptors (Lipinski definition) is 1. The van der Waals surface area contributed by atoms with Gasteiger partial charge in [0.25, 0.3) is 0 Å². The zero-order chi connectivity index (χ0) is 15.0. The van der Waals surface area contributed by atoms with Gasteiger partial charge >= 0.3 is 0 Å². The van der Waals surface area contributed by atoms with Crippen molar-refractivity contribution >= 4 is 13.9 Å². The Morgan fingerprint density at radius 3 is 2.60 bits per heavy atom. The van der Waals surface area contributed by atoms with Crippen LogP contribution < -0.4 is 0 Å². The first-order chi connectivity index (χ1) is 9.45. The molecule has 0 spiro atoms. The lowest BCUT2D eigenvalue weighted by Gasteiger charge is -2.26. The summed E-state index contributed by atoms with van der Waals surface area (Å²) < 4.78 is 0. The highest BCUT2D eigenvalue weighted by Gasteiger charge is 2.24. The molecule has 0 heterocycles. The Labute approximate surface area is 127 Å². The molecule has 1 saturated carbocycles. The van der Waals surface area contributed by atoms with Gasteiger partial charge in [0.15, 0.2) is 0 Å². The summed E-state index contributed by atoms with van der Waals surface area (Å²) in [5.41, 5.74) is 0.785. The predicted molar refractivity (Wildman–Crippen MR) is 92.0 cm³/mol. The quantitative estimate of drug-likeness (QED) is 0.306. The molecule has 1 fully saturated rings. The fourth-order valence-corrected chi connectivity index (χ4v) is 4.93. The van der Waals surface area contributed by atoms with Crippen molar-refractivity contribution in [1.29, 1.82) is 0 Å². The van der Waals surface area contributed by atoms with Gasteiger partial charge in [0, 0.05) is 12.3 Å². The van der Waals surface area contributed by atoms with Crippen molar-refractivity contribution in [3.8, 4) is 0 Å². The molecule has 0 aromatic carbocycles. The molecule has 0 aromatic heterocycles. The molecule has 1 aliphatic carbocycles. The highest BCUT2D eigenvalue weighted by molar-refractivity contribution is 6.78. The van der Waals surface area contributed by atoms with E-state index in [1.165, 1.54) is 32.1 Å². The molecular formula is C18H34OSi. The molecular weight excluding hydrogens is 260 g/mol. The largest absolute Gasteiger partial charge is 0.299 e. The predicted octanol–water partition coefficient (Wildman–Crippen LogP) is 5.98. The molecule has 0 bridgehead atoms. The highest BCUT2D eigenvalue weighted by Crippen LogP contribution is 2.30. The molecule has 0 amide bonds. The minimum absolute atomic E-state index is 0.331. The van der Waals surface area contributed by atoms with Gasteiger partial charge in [0.2, 0.25) is 0 Å². The Bertz CT molecular complexity index is 314. The van der Waals surface area contributed by atoms with Gasteiger partial charge in [-0.05, 0) is 31.2 Å². The van der Waals surface area contributed by atoms with Crippen LogP contribution in [-0.2, 0) is 4.79 Å². The molecule has 0 aromatic rings. The van der Waals surface area contributed by atoms with E-state index in [2.05, 4.69) is 38.7 Å². The number of carbonyl (C=O) groups excluding carboxylic acids is 1. The molecule has 2 unspecified atom stereocenters. The average Bonchev–Trinajstić information content (AvgIpc) is 2.38. The van der Waals surface area contributed by atoms with Crippen molar-refractivity contribution in [1.82, 2.24) is 0 Å². The SMILES string of the molecule is CCCCCC(/C=C/CC1CCCCC1=O)[Si](C)(C)C. The van der Waals surface area contributed by atoms with Crippen molar-refractivity contribution in [3.05, 3.63) is 12.2 Å². The monoisotopic (exact) mass is 294 g/mol. The Balaban J connectivity index is 2.46. The third-order valence-corrected chi connectivity index (χ3v) is 7.41. The second-order valence-electron chi connectivity index (χ2n) is 7.54. The van der Waals surface area contributed by atoms with Crippen molar-refractivity contribution in [2.75, 3.05) is 0 Å². The lowest BCUT2D eigenvalue weighted by molar-refractivity contribution is -0.124. The summed E-state index contributed by atoms with van der Waals surface area (Å²) >= 11 is 0. The van der Waals surface area contributed by atoms with Gasteiger partial charge in [-0.3, -0.25) is 4.79 Å². The van der Waals surface area contributed by atoms with E-state index in [9.17, 15) is 4.79 Å². The van der Waals surface area contributed by atoms with E-state index < -0.39 is 8.07 Å². The molecule has 1 aliphatic rings. The minimum Gasteiger partial charge on any atom is -0.299 e. The van der Waals surface area contributed by atoms with E-state index in [0.29, 0.717) is 11.7 Å². The lowest BCUT2D eigenvalue weighted by atomic mass is 9.85. The van der Waals surface area contributed by atoms with Crippen LogP contribution in [0.4, 0.5) is 0 Å². The van der Waals surface area contributed by atoms with Crippen LogP contribution in [0.25, 0.3) is 0 Å². The number of hydrogen-bond donors (Lipinski definition) is 0. The summed E-state index contributed by atoms with van der Waals surface area (Å²) in [4.78, 5) is 11.9. The molecule has 0 radical (unpaired) electrons. The van der Waals surface area contributed by atoms with Crippen LogP contribution in [0.1, 0.15) is 64.7 Å². The summed E-state index contributed by atoms with van der Waals surface area (Å²) in [5.74, 6) is 0.842. The standard InChI is InChI=1S/C18H34OSi/c1-5-6-7-13-17(20(2,3)4)14-10-12-16-11-8-9-15-18(16)19/h10,14,16-17H,5-9,11-13,15H2,1-4H3/b14-10+. The number of carbonyl (C=O) groups is 1. The van der Waals surface area contributed by atoms with Crippen LogP contribution in [0.3, 0.4) is 0 Å². The van der Waals surface area contributed by atoms with E-state index >= 15 is 0 Å². The minimum atomic E-state index is -1.11. The van der Waals surface area contributed by atoms with Crippen LogP contribution >= 0.6 is 0 Å². The van der Waals surface area contributed by atoms with Gasteiger partial charge < -0.3 is 0 Å². The third-order valence-electron chi connectivity index (χ3n) is 4.70. The first-order valence-corrected chi connectivity index (χ1v) is 12.2. The lowest BCUT2D eigenvalue weighted by Crippen LogP contribution is -2.27. The second kappa shape index (κ2) is 8.81. The highest BCUT2D eigenvalue weighted by atomic mass is 28.3. The Morgan fingerprint density at radius 2 is 2.00 bits per heavy atom. The number of rotatable bonds is 8. The normalized spacial score (nSPS) is 22.4. The van der Waals surface area contributed by atoms with Gasteiger partial charge in [-0.15, -0.1) is 0 Å². The zero-order valence-corrected chi connectivity index (χ0v) is 15.1. The van der Waals surface area contributed by atoms with Crippen LogP contribution in [0.15, 0.2) is 12.2 Å². The molecule has 116 valence electrons. The van der Waals surface area contributed by atoms with Gasteiger partial charge in [-0.2, -0.15) is 0 Å². The van der Waals surface area contributed by atoms with E-state index in [0.717, 1.165) is 31.2 Å². The van der Waals surface area contributed by atoms with Crippen molar-refractivity contribution in [2.24, 2.45) is 5.92 Å². The van der Waals surface area contributed by atoms with Gasteiger partial charge in [0.05, 0.1) is 8.07 Å². The summed E-state index contributed by atoms with van der Waals surface area (Å²) in [7, 11) is -1.11. The van der Waals surface area contributed by atoms with Gasteiger partial charge in [0.1, 0.15) is 5.78 Å². The molecule has 2 atom stereocenters.